The molecule has 0 bridgehead atoms. The van der Waals surface area contributed by atoms with Gasteiger partial charge in [-0.2, -0.15) is 0 Å². The normalized spacial score (nSPS) is 10.6. The van der Waals surface area contributed by atoms with Crippen LogP contribution in [0.4, 0.5) is 6.01 Å². The topological polar surface area (TPSA) is 68.0 Å². The molecule has 0 radical (unpaired) electrons. The van der Waals surface area contributed by atoms with Crippen molar-refractivity contribution in [1.82, 2.24) is 10.2 Å². The first-order valence-electron chi connectivity index (χ1n) is 7.78. The number of rotatable bonds is 4. The maximum Gasteiger partial charge on any atom is 0.322 e. The monoisotopic (exact) mass is 321 g/mol. The van der Waals surface area contributed by atoms with Gasteiger partial charge in [0.2, 0.25) is 11.8 Å². The van der Waals surface area contributed by atoms with Crippen LogP contribution in [-0.2, 0) is 11.2 Å². The van der Waals surface area contributed by atoms with Crippen molar-refractivity contribution in [3.8, 4) is 11.5 Å². The number of nitrogens with zero attached hydrogens (tertiary/aromatic N) is 2. The van der Waals surface area contributed by atoms with Gasteiger partial charge in [0.1, 0.15) is 0 Å². The van der Waals surface area contributed by atoms with Crippen molar-refractivity contribution < 1.29 is 9.21 Å². The number of hydrogen-bond acceptors (Lipinski definition) is 4. The highest BCUT2D eigenvalue weighted by atomic mass is 16.4. The van der Waals surface area contributed by atoms with Crippen LogP contribution in [-0.4, -0.2) is 16.1 Å². The molecule has 0 saturated carbocycles. The summed E-state index contributed by atoms with van der Waals surface area (Å²) in [6.07, 6.45) is 0.267. The maximum atomic E-state index is 12.1. The summed E-state index contributed by atoms with van der Waals surface area (Å²) in [4.78, 5) is 12.1. The van der Waals surface area contributed by atoms with Gasteiger partial charge < -0.3 is 4.42 Å². The first kappa shape index (κ1) is 15.9. The lowest BCUT2D eigenvalue weighted by molar-refractivity contribution is -0.115. The summed E-state index contributed by atoms with van der Waals surface area (Å²) in [7, 11) is 0. The van der Waals surface area contributed by atoms with E-state index in [1.54, 1.807) is 0 Å². The molecule has 0 atom stereocenters. The second-order valence-corrected chi connectivity index (χ2v) is 5.93. The van der Waals surface area contributed by atoms with Gasteiger partial charge in [0, 0.05) is 5.56 Å². The Hall–Kier alpha value is -2.95. The highest BCUT2D eigenvalue weighted by Crippen LogP contribution is 2.20. The number of aryl methyl sites for hydroxylation is 3. The molecule has 24 heavy (non-hydrogen) atoms. The summed E-state index contributed by atoms with van der Waals surface area (Å²) in [5.41, 5.74) is 5.26. The first-order chi connectivity index (χ1) is 11.5. The molecule has 0 unspecified atom stereocenters. The lowest BCUT2D eigenvalue weighted by Crippen LogP contribution is -2.14. The molecule has 5 heteroatoms. The average Bonchev–Trinajstić information content (AvgIpc) is 2.99. The van der Waals surface area contributed by atoms with E-state index in [9.17, 15) is 4.79 Å². The molecule has 0 spiro atoms. The van der Waals surface area contributed by atoms with E-state index in [-0.39, 0.29) is 18.3 Å². The minimum atomic E-state index is -0.183. The van der Waals surface area contributed by atoms with Crippen LogP contribution in [0.3, 0.4) is 0 Å². The Morgan fingerprint density at radius 2 is 1.88 bits per heavy atom. The molecule has 1 aromatic heterocycles. The molecule has 0 aliphatic rings. The van der Waals surface area contributed by atoms with Gasteiger partial charge in [-0.25, -0.2) is 0 Å². The quantitative estimate of drug-likeness (QED) is 0.792. The number of nitrogens with one attached hydrogen (secondary N) is 1. The molecule has 5 nitrogen and oxygen atoms in total. The molecular formula is C19H19N3O2. The Kier molecular flexibility index (Phi) is 4.42. The van der Waals surface area contributed by atoms with E-state index in [0.717, 1.165) is 16.7 Å². The highest BCUT2D eigenvalue weighted by Gasteiger charge is 2.12. The van der Waals surface area contributed by atoms with E-state index in [2.05, 4.69) is 15.5 Å². The summed E-state index contributed by atoms with van der Waals surface area (Å²) in [6, 6.07) is 13.9. The van der Waals surface area contributed by atoms with E-state index in [1.807, 2.05) is 63.2 Å². The number of hydrogen-bond donors (Lipinski definition) is 1. The van der Waals surface area contributed by atoms with Crippen LogP contribution in [0.15, 0.2) is 46.9 Å². The third kappa shape index (κ3) is 3.68. The largest absolute Gasteiger partial charge is 0.403 e. The molecule has 122 valence electrons. The zero-order chi connectivity index (χ0) is 17.1. The summed E-state index contributed by atoms with van der Waals surface area (Å²) in [5.74, 6) is 0.206. The van der Waals surface area contributed by atoms with Crippen LogP contribution < -0.4 is 5.32 Å². The van der Waals surface area contributed by atoms with Crippen molar-refractivity contribution in [2.45, 2.75) is 27.2 Å². The van der Waals surface area contributed by atoms with E-state index < -0.39 is 0 Å². The van der Waals surface area contributed by atoms with Gasteiger partial charge in [0.25, 0.3) is 0 Å². The zero-order valence-corrected chi connectivity index (χ0v) is 14.0. The lowest BCUT2D eigenvalue weighted by atomic mass is 10.0. The van der Waals surface area contributed by atoms with Crippen LogP contribution in [0.1, 0.15) is 22.3 Å². The second-order valence-electron chi connectivity index (χ2n) is 5.93. The van der Waals surface area contributed by atoms with Gasteiger partial charge in [-0.15, -0.1) is 5.10 Å². The fourth-order valence-corrected chi connectivity index (χ4v) is 2.43. The standard InChI is InChI=1S/C19H19N3O2/c1-12-5-4-6-16(9-12)18-21-22-19(24-18)20-17(23)11-15-8-7-13(2)14(3)10-15/h4-10H,11H2,1-3H3,(H,20,22,23). The van der Waals surface area contributed by atoms with Gasteiger partial charge in [-0.1, -0.05) is 41.0 Å². The lowest BCUT2D eigenvalue weighted by Gasteiger charge is -2.04. The number of aromatic nitrogens is 2. The smallest absolute Gasteiger partial charge is 0.322 e. The Bertz CT molecular complexity index is 884. The van der Waals surface area contributed by atoms with Crippen molar-refractivity contribution in [3.63, 3.8) is 0 Å². The van der Waals surface area contributed by atoms with E-state index in [1.165, 1.54) is 11.1 Å². The first-order valence-corrected chi connectivity index (χ1v) is 7.78. The SMILES string of the molecule is Cc1cccc(-c2nnc(NC(=O)Cc3ccc(C)c(C)c3)o2)c1. The van der Waals surface area contributed by atoms with E-state index >= 15 is 0 Å². The molecular weight excluding hydrogens is 302 g/mol. The third-order valence-corrected chi connectivity index (χ3v) is 3.87. The van der Waals surface area contributed by atoms with Gasteiger partial charge in [-0.3, -0.25) is 10.1 Å². The summed E-state index contributed by atoms with van der Waals surface area (Å²) >= 11 is 0. The van der Waals surface area contributed by atoms with Gasteiger partial charge >= 0.3 is 6.01 Å². The van der Waals surface area contributed by atoms with Crippen molar-refractivity contribution in [2.75, 3.05) is 5.32 Å². The van der Waals surface area contributed by atoms with E-state index in [0.29, 0.717) is 5.89 Å². The highest BCUT2D eigenvalue weighted by molar-refractivity contribution is 5.90. The number of anilines is 1. The molecule has 2 aromatic carbocycles. The summed E-state index contributed by atoms with van der Waals surface area (Å²) in [6.45, 7) is 6.07. The van der Waals surface area contributed by atoms with Crippen molar-refractivity contribution in [3.05, 3.63) is 64.7 Å². The molecule has 1 amide bonds. The van der Waals surface area contributed by atoms with Crippen molar-refractivity contribution in [2.24, 2.45) is 0 Å². The fourth-order valence-electron chi connectivity index (χ4n) is 2.43. The van der Waals surface area contributed by atoms with Gasteiger partial charge in [0.05, 0.1) is 6.42 Å². The Labute approximate surface area is 140 Å². The molecule has 0 aliphatic heterocycles. The number of benzene rings is 2. The molecule has 1 N–H and O–H groups in total. The number of amides is 1. The Morgan fingerprint density at radius 3 is 2.62 bits per heavy atom. The van der Waals surface area contributed by atoms with Crippen LogP contribution in [0.25, 0.3) is 11.5 Å². The third-order valence-electron chi connectivity index (χ3n) is 3.87. The minimum Gasteiger partial charge on any atom is -0.403 e. The van der Waals surface area contributed by atoms with Crippen LogP contribution >= 0.6 is 0 Å². The molecule has 1 heterocycles. The fraction of sp³-hybridized carbons (Fsp3) is 0.211. The van der Waals surface area contributed by atoms with Crippen LogP contribution in [0.2, 0.25) is 0 Å². The van der Waals surface area contributed by atoms with E-state index in [4.69, 9.17) is 4.42 Å². The minimum absolute atomic E-state index is 0.111. The second kappa shape index (κ2) is 6.66. The van der Waals surface area contributed by atoms with Crippen molar-refractivity contribution in [1.29, 1.82) is 0 Å². The number of carbonyl (C=O) groups excluding carboxylic acids is 1. The molecule has 0 fully saturated rings. The molecule has 3 rings (SSSR count). The number of carbonyl (C=O) groups is 1. The van der Waals surface area contributed by atoms with Crippen LogP contribution in [0, 0.1) is 20.8 Å². The summed E-state index contributed by atoms with van der Waals surface area (Å²) < 4.78 is 5.52. The Balaban J connectivity index is 1.68. The van der Waals surface area contributed by atoms with Crippen molar-refractivity contribution >= 4 is 11.9 Å². The molecule has 0 saturated heterocycles. The average molecular weight is 321 g/mol. The van der Waals surface area contributed by atoms with Gasteiger partial charge in [0.15, 0.2) is 0 Å². The predicted octanol–water partition coefficient (Wildman–Crippen LogP) is 3.84. The maximum absolute atomic E-state index is 12.1. The van der Waals surface area contributed by atoms with Crippen LogP contribution in [0.5, 0.6) is 0 Å². The Morgan fingerprint density at radius 1 is 1.04 bits per heavy atom. The zero-order valence-electron chi connectivity index (χ0n) is 14.0. The molecule has 3 aromatic rings. The van der Waals surface area contributed by atoms with Gasteiger partial charge in [-0.05, 0) is 49.6 Å². The predicted molar refractivity (Wildman–Crippen MR) is 92.7 cm³/mol. The molecule has 0 aliphatic carbocycles. The summed E-state index contributed by atoms with van der Waals surface area (Å²) in [5, 5.41) is 10.5.